The van der Waals surface area contributed by atoms with Crippen molar-refractivity contribution in [3.8, 4) is 0 Å². The summed E-state index contributed by atoms with van der Waals surface area (Å²) in [7, 11) is 0. The second kappa shape index (κ2) is 5.49. The van der Waals surface area contributed by atoms with Gasteiger partial charge in [-0.1, -0.05) is 19.9 Å². The van der Waals surface area contributed by atoms with Gasteiger partial charge in [-0.25, -0.2) is 0 Å². The van der Waals surface area contributed by atoms with E-state index in [-0.39, 0.29) is 5.92 Å². The third-order valence-corrected chi connectivity index (χ3v) is 2.39. The van der Waals surface area contributed by atoms with Crippen LogP contribution in [0.3, 0.4) is 0 Å². The molecule has 0 aliphatic carbocycles. The summed E-state index contributed by atoms with van der Waals surface area (Å²) in [6.07, 6.45) is 6.44. The first-order valence-electron chi connectivity index (χ1n) is 5.36. The maximum atomic E-state index is 10.9. The van der Waals surface area contributed by atoms with E-state index in [1.54, 1.807) is 0 Å². The topological polar surface area (TPSA) is 34.9 Å². The second-order valence-corrected chi connectivity index (χ2v) is 3.78. The highest BCUT2D eigenvalue weighted by Crippen LogP contribution is 2.20. The van der Waals surface area contributed by atoms with Crippen molar-refractivity contribution in [2.45, 2.75) is 39.2 Å². The molecule has 0 spiro atoms. The van der Waals surface area contributed by atoms with Gasteiger partial charge in [0.15, 0.2) is 6.29 Å². The summed E-state index contributed by atoms with van der Waals surface area (Å²) in [6, 6.07) is 0. The van der Waals surface area contributed by atoms with Gasteiger partial charge in [-0.2, -0.15) is 5.10 Å². The third kappa shape index (κ3) is 2.78. The Morgan fingerprint density at radius 1 is 1.67 bits per heavy atom. The van der Waals surface area contributed by atoms with Gasteiger partial charge in [-0.05, 0) is 12.8 Å². The Bertz CT molecular complexity index is 341. The van der Waals surface area contributed by atoms with Gasteiger partial charge in [0.1, 0.15) is 0 Å². The van der Waals surface area contributed by atoms with Gasteiger partial charge in [-0.15, -0.1) is 6.58 Å². The van der Waals surface area contributed by atoms with E-state index in [1.165, 1.54) is 0 Å². The predicted molar refractivity (Wildman–Crippen MR) is 61.1 cm³/mol. The van der Waals surface area contributed by atoms with Crippen molar-refractivity contribution in [2.24, 2.45) is 0 Å². The number of nitrogens with zero attached hydrogens (tertiary/aromatic N) is 2. The molecule has 0 aliphatic heterocycles. The molecule has 15 heavy (non-hydrogen) atoms. The summed E-state index contributed by atoms with van der Waals surface area (Å²) in [5.41, 5.74) is 1.59. The van der Waals surface area contributed by atoms with Crippen LogP contribution in [0.15, 0.2) is 18.9 Å². The molecule has 3 heteroatoms. The van der Waals surface area contributed by atoms with Gasteiger partial charge >= 0.3 is 0 Å². The molecule has 1 unspecified atom stereocenters. The van der Waals surface area contributed by atoms with Crippen LogP contribution in [0.2, 0.25) is 0 Å². The van der Waals surface area contributed by atoms with E-state index in [4.69, 9.17) is 0 Å². The minimum atomic E-state index is 0.265. The Morgan fingerprint density at radius 2 is 2.40 bits per heavy atom. The van der Waals surface area contributed by atoms with E-state index in [2.05, 4.69) is 25.5 Å². The van der Waals surface area contributed by atoms with E-state index in [0.29, 0.717) is 5.56 Å². The SMILES string of the molecule is C=CCC(C)c1nn(CCC)cc1C=O. The first-order chi connectivity index (χ1) is 7.22. The first kappa shape index (κ1) is 11.7. The maximum Gasteiger partial charge on any atom is 0.153 e. The maximum absolute atomic E-state index is 10.9. The average molecular weight is 206 g/mol. The monoisotopic (exact) mass is 206 g/mol. The standard InChI is InChI=1S/C12H18N2O/c1-4-6-10(3)12-11(9-15)8-14(13-12)7-5-2/h4,8-10H,1,5-7H2,2-3H3. The molecular formula is C12H18N2O. The highest BCUT2D eigenvalue weighted by Gasteiger charge is 2.13. The molecule has 0 N–H and O–H groups in total. The van der Waals surface area contributed by atoms with Crippen molar-refractivity contribution in [1.82, 2.24) is 9.78 Å². The zero-order chi connectivity index (χ0) is 11.3. The summed E-state index contributed by atoms with van der Waals surface area (Å²) >= 11 is 0. The molecule has 0 fully saturated rings. The number of rotatable bonds is 6. The van der Waals surface area contributed by atoms with Crippen LogP contribution in [0.25, 0.3) is 0 Å². The molecular weight excluding hydrogens is 188 g/mol. The van der Waals surface area contributed by atoms with E-state index >= 15 is 0 Å². The van der Waals surface area contributed by atoms with E-state index in [1.807, 2.05) is 17.0 Å². The normalized spacial score (nSPS) is 12.4. The Balaban J connectivity index is 2.93. The summed E-state index contributed by atoms with van der Waals surface area (Å²) < 4.78 is 1.85. The Kier molecular flexibility index (Phi) is 4.28. The number of aromatic nitrogens is 2. The Morgan fingerprint density at radius 3 is 2.93 bits per heavy atom. The van der Waals surface area contributed by atoms with Crippen molar-refractivity contribution in [1.29, 1.82) is 0 Å². The number of hydrogen-bond acceptors (Lipinski definition) is 2. The van der Waals surface area contributed by atoms with Gasteiger partial charge in [0.05, 0.1) is 11.3 Å². The molecule has 0 amide bonds. The van der Waals surface area contributed by atoms with Gasteiger partial charge in [0, 0.05) is 18.7 Å². The van der Waals surface area contributed by atoms with Crippen LogP contribution in [-0.2, 0) is 6.54 Å². The molecule has 0 radical (unpaired) electrons. The van der Waals surface area contributed by atoms with Crippen LogP contribution in [0, 0.1) is 0 Å². The minimum absolute atomic E-state index is 0.265. The highest BCUT2D eigenvalue weighted by molar-refractivity contribution is 5.76. The summed E-state index contributed by atoms with van der Waals surface area (Å²) in [6.45, 7) is 8.72. The fourth-order valence-electron chi connectivity index (χ4n) is 1.63. The fourth-order valence-corrected chi connectivity index (χ4v) is 1.63. The molecule has 0 saturated heterocycles. The van der Waals surface area contributed by atoms with Crippen molar-refractivity contribution in [3.63, 3.8) is 0 Å². The molecule has 0 aromatic carbocycles. The van der Waals surface area contributed by atoms with E-state index < -0.39 is 0 Å². The quantitative estimate of drug-likeness (QED) is 0.530. The van der Waals surface area contributed by atoms with Crippen LogP contribution in [0.5, 0.6) is 0 Å². The number of carbonyl (C=O) groups is 1. The van der Waals surface area contributed by atoms with E-state index in [0.717, 1.165) is 31.4 Å². The van der Waals surface area contributed by atoms with Gasteiger partial charge in [-0.3, -0.25) is 9.48 Å². The van der Waals surface area contributed by atoms with Crippen LogP contribution < -0.4 is 0 Å². The number of aldehydes is 1. The molecule has 1 atom stereocenters. The molecule has 1 aromatic heterocycles. The lowest BCUT2D eigenvalue weighted by molar-refractivity contribution is 0.112. The number of aryl methyl sites for hydroxylation is 1. The Labute approximate surface area is 90.8 Å². The smallest absolute Gasteiger partial charge is 0.153 e. The van der Waals surface area contributed by atoms with E-state index in [9.17, 15) is 4.79 Å². The van der Waals surface area contributed by atoms with Gasteiger partial charge in [0.2, 0.25) is 0 Å². The summed E-state index contributed by atoms with van der Waals surface area (Å²) in [5.74, 6) is 0.265. The first-order valence-corrected chi connectivity index (χ1v) is 5.36. The number of hydrogen-bond donors (Lipinski definition) is 0. The molecule has 82 valence electrons. The molecule has 1 heterocycles. The lowest BCUT2D eigenvalue weighted by Gasteiger charge is -2.05. The van der Waals surface area contributed by atoms with Crippen molar-refractivity contribution in [2.75, 3.05) is 0 Å². The third-order valence-electron chi connectivity index (χ3n) is 2.39. The zero-order valence-corrected chi connectivity index (χ0v) is 9.44. The molecule has 1 rings (SSSR count). The lowest BCUT2D eigenvalue weighted by atomic mass is 10.0. The Hall–Kier alpha value is -1.38. The zero-order valence-electron chi connectivity index (χ0n) is 9.44. The number of carbonyl (C=O) groups excluding carboxylic acids is 1. The summed E-state index contributed by atoms with van der Waals surface area (Å²) in [5, 5.41) is 4.43. The molecule has 0 aliphatic rings. The summed E-state index contributed by atoms with van der Waals surface area (Å²) in [4.78, 5) is 10.9. The lowest BCUT2D eigenvalue weighted by Crippen LogP contribution is -2.00. The van der Waals surface area contributed by atoms with Gasteiger partial charge in [0.25, 0.3) is 0 Å². The van der Waals surface area contributed by atoms with Crippen LogP contribution >= 0.6 is 0 Å². The average Bonchev–Trinajstić information content (AvgIpc) is 2.62. The predicted octanol–water partition coefficient (Wildman–Crippen LogP) is 2.79. The van der Waals surface area contributed by atoms with Crippen molar-refractivity contribution >= 4 is 6.29 Å². The molecule has 1 aromatic rings. The van der Waals surface area contributed by atoms with Crippen molar-refractivity contribution in [3.05, 3.63) is 30.1 Å². The molecule has 0 bridgehead atoms. The van der Waals surface area contributed by atoms with Gasteiger partial charge < -0.3 is 0 Å². The number of allylic oxidation sites excluding steroid dienone is 1. The van der Waals surface area contributed by atoms with Crippen LogP contribution in [0.4, 0.5) is 0 Å². The highest BCUT2D eigenvalue weighted by atomic mass is 16.1. The molecule has 0 saturated carbocycles. The van der Waals surface area contributed by atoms with Crippen molar-refractivity contribution < 1.29 is 4.79 Å². The van der Waals surface area contributed by atoms with Crippen LogP contribution in [0.1, 0.15) is 48.7 Å². The van der Waals surface area contributed by atoms with Crippen LogP contribution in [-0.4, -0.2) is 16.1 Å². The molecule has 3 nitrogen and oxygen atoms in total. The largest absolute Gasteiger partial charge is 0.298 e. The second-order valence-electron chi connectivity index (χ2n) is 3.78. The minimum Gasteiger partial charge on any atom is -0.298 e. The fraction of sp³-hybridized carbons (Fsp3) is 0.500.